The number of nitrogens with zero attached hydrogens (tertiary/aromatic N) is 4. The summed E-state index contributed by atoms with van der Waals surface area (Å²) >= 11 is 0. The highest BCUT2D eigenvalue weighted by molar-refractivity contribution is 5.97. The molecule has 0 amide bonds. The fourth-order valence-electron chi connectivity index (χ4n) is 3.15. The minimum Gasteiger partial charge on any atom is -0.465 e. The Morgan fingerprint density at radius 1 is 1.10 bits per heavy atom. The first-order chi connectivity index (χ1) is 14.1. The number of hydrogen-bond acceptors (Lipinski definition) is 6. The van der Waals surface area contributed by atoms with Crippen molar-refractivity contribution in [1.29, 1.82) is 0 Å². The fourth-order valence-corrected chi connectivity index (χ4v) is 3.15. The molecule has 0 saturated carbocycles. The standard InChI is InChI=1S/C22H21N5O2/c1-26(2)16-10-8-15(9-11-16)20-21(27-13-12-23-14-19(27)25-20)24-18-7-5-4-6-17(18)22(28)29-3/h4-14,24H,1-3H3. The minimum absolute atomic E-state index is 0.402. The SMILES string of the molecule is COC(=O)c1ccccc1Nc1c(-c2ccc(N(C)C)cc2)nc2cnccn12. The van der Waals surface area contributed by atoms with E-state index in [0.717, 1.165) is 22.8 Å². The van der Waals surface area contributed by atoms with Gasteiger partial charge < -0.3 is 15.0 Å². The summed E-state index contributed by atoms with van der Waals surface area (Å²) in [6.45, 7) is 0. The van der Waals surface area contributed by atoms with E-state index in [1.807, 2.05) is 66.0 Å². The summed E-state index contributed by atoms with van der Waals surface area (Å²) in [5, 5.41) is 3.38. The summed E-state index contributed by atoms with van der Waals surface area (Å²) in [7, 11) is 5.38. The third kappa shape index (κ3) is 3.50. The number of para-hydroxylation sites is 1. The van der Waals surface area contributed by atoms with Crippen molar-refractivity contribution in [3.05, 3.63) is 72.7 Å². The molecule has 0 aliphatic heterocycles. The Bertz CT molecular complexity index is 1170. The number of rotatable bonds is 5. The Hall–Kier alpha value is -3.87. The number of benzene rings is 2. The van der Waals surface area contributed by atoms with Crippen molar-refractivity contribution < 1.29 is 9.53 Å². The molecule has 2 heterocycles. The molecule has 0 saturated heterocycles. The van der Waals surface area contributed by atoms with Crippen LogP contribution in [0.25, 0.3) is 16.9 Å². The first-order valence-electron chi connectivity index (χ1n) is 9.12. The number of ether oxygens (including phenoxy) is 1. The number of fused-ring (bicyclic) bond motifs is 1. The van der Waals surface area contributed by atoms with Crippen molar-refractivity contribution in [2.75, 3.05) is 31.4 Å². The summed E-state index contributed by atoms with van der Waals surface area (Å²) < 4.78 is 6.83. The highest BCUT2D eigenvalue weighted by atomic mass is 16.5. The highest BCUT2D eigenvalue weighted by Gasteiger charge is 2.18. The second kappa shape index (κ2) is 7.63. The zero-order valence-corrected chi connectivity index (χ0v) is 16.5. The molecule has 0 radical (unpaired) electrons. The number of aromatic nitrogens is 3. The maximum absolute atomic E-state index is 12.2. The number of carbonyl (C=O) groups excluding carboxylic acids is 1. The highest BCUT2D eigenvalue weighted by Crippen LogP contribution is 2.32. The third-order valence-corrected chi connectivity index (χ3v) is 4.67. The van der Waals surface area contributed by atoms with Crippen molar-refractivity contribution in [3.8, 4) is 11.3 Å². The number of methoxy groups -OCH3 is 1. The predicted molar refractivity (Wildman–Crippen MR) is 114 cm³/mol. The van der Waals surface area contributed by atoms with E-state index in [-0.39, 0.29) is 0 Å². The topological polar surface area (TPSA) is 71.8 Å². The number of carbonyl (C=O) groups is 1. The zero-order valence-electron chi connectivity index (χ0n) is 16.5. The molecule has 0 atom stereocenters. The molecule has 0 aliphatic rings. The predicted octanol–water partition coefficient (Wildman–Crippen LogP) is 3.99. The van der Waals surface area contributed by atoms with Gasteiger partial charge in [0.1, 0.15) is 11.5 Å². The summed E-state index contributed by atoms with van der Waals surface area (Å²) in [5.41, 5.74) is 4.62. The van der Waals surface area contributed by atoms with Gasteiger partial charge in [-0.25, -0.2) is 9.78 Å². The number of anilines is 3. The lowest BCUT2D eigenvalue weighted by Gasteiger charge is -2.14. The van der Waals surface area contributed by atoms with Crippen molar-refractivity contribution in [2.45, 2.75) is 0 Å². The van der Waals surface area contributed by atoms with Gasteiger partial charge in [-0.05, 0) is 24.3 Å². The van der Waals surface area contributed by atoms with Crippen molar-refractivity contribution in [1.82, 2.24) is 14.4 Å². The molecule has 0 unspecified atom stereocenters. The van der Waals surface area contributed by atoms with E-state index < -0.39 is 5.97 Å². The first-order valence-corrected chi connectivity index (χ1v) is 9.12. The van der Waals surface area contributed by atoms with Gasteiger partial charge in [0.25, 0.3) is 0 Å². The van der Waals surface area contributed by atoms with Crippen LogP contribution in [0.15, 0.2) is 67.1 Å². The van der Waals surface area contributed by atoms with Crippen LogP contribution in [0.2, 0.25) is 0 Å². The summed E-state index contributed by atoms with van der Waals surface area (Å²) in [5.74, 6) is 0.344. The quantitative estimate of drug-likeness (QED) is 0.522. The molecule has 2 aromatic carbocycles. The van der Waals surface area contributed by atoms with Crippen LogP contribution < -0.4 is 10.2 Å². The molecule has 4 rings (SSSR count). The molecule has 0 aliphatic carbocycles. The molecule has 4 aromatic rings. The van der Waals surface area contributed by atoms with Gasteiger partial charge in [0.05, 0.1) is 24.6 Å². The second-order valence-electron chi connectivity index (χ2n) is 6.72. The van der Waals surface area contributed by atoms with Crippen LogP contribution in [0.5, 0.6) is 0 Å². The van der Waals surface area contributed by atoms with Crippen molar-refractivity contribution in [3.63, 3.8) is 0 Å². The average Bonchev–Trinajstić information content (AvgIpc) is 3.12. The monoisotopic (exact) mass is 387 g/mol. The van der Waals surface area contributed by atoms with E-state index >= 15 is 0 Å². The van der Waals surface area contributed by atoms with E-state index in [1.54, 1.807) is 24.5 Å². The van der Waals surface area contributed by atoms with E-state index in [2.05, 4.69) is 10.3 Å². The molecule has 7 nitrogen and oxygen atoms in total. The molecular formula is C22H21N5O2. The van der Waals surface area contributed by atoms with Gasteiger partial charge in [0, 0.05) is 37.7 Å². The van der Waals surface area contributed by atoms with Crippen LogP contribution in [0.3, 0.4) is 0 Å². The van der Waals surface area contributed by atoms with Crippen molar-refractivity contribution in [2.24, 2.45) is 0 Å². The Morgan fingerprint density at radius 2 is 1.86 bits per heavy atom. The Balaban J connectivity index is 1.84. The van der Waals surface area contributed by atoms with Crippen molar-refractivity contribution >= 4 is 28.8 Å². The second-order valence-corrected chi connectivity index (χ2v) is 6.72. The lowest BCUT2D eigenvalue weighted by atomic mass is 10.1. The van der Waals surface area contributed by atoms with Crippen LogP contribution in [0, 0.1) is 0 Å². The maximum Gasteiger partial charge on any atom is 0.339 e. The zero-order chi connectivity index (χ0) is 20.4. The summed E-state index contributed by atoms with van der Waals surface area (Å²) in [4.78, 5) is 23.2. The molecule has 7 heteroatoms. The summed E-state index contributed by atoms with van der Waals surface area (Å²) in [6.07, 6.45) is 5.24. The molecule has 1 N–H and O–H groups in total. The van der Waals surface area contributed by atoms with Gasteiger partial charge in [-0.15, -0.1) is 0 Å². The lowest BCUT2D eigenvalue weighted by Crippen LogP contribution is -2.08. The van der Waals surface area contributed by atoms with E-state index in [9.17, 15) is 4.79 Å². The van der Waals surface area contributed by atoms with E-state index in [0.29, 0.717) is 16.9 Å². The minimum atomic E-state index is -0.402. The van der Waals surface area contributed by atoms with Gasteiger partial charge in [0.15, 0.2) is 5.65 Å². The maximum atomic E-state index is 12.2. The van der Waals surface area contributed by atoms with Crippen LogP contribution >= 0.6 is 0 Å². The van der Waals surface area contributed by atoms with Gasteiger partial charge >= 0.3 is 5.97 Å². The lowest BCUT2D eigenvalue weighted by molar-refractivity contribution is 0.0602. The van der Waals surface area contributed by atoms with Crippen LogP contribution in [-0.4, -0.2) is 41.5 Å². The Kier molecular flexibility index (Phi) is 4.87. The molecule has 2 aromatic heterocycles. The number of nitrogens with one attached hydrogen (secondary N) is 1. The molecule has 0 fully saturated rings. The normalized spacial score (nSPS) is 10.7. The molecular weight excluding hydrogens is 366 g/mol. The number of hydrogen-bond donors (Lipinski definition) is 1. The van der Waals surface area contributed by atoms with Crippen LogP contribution in [0.1, 0.15) is 10.4 Å². The fraction of sp³-hybridized carbons (Fsp3) is 0.136. The molecule has 146 valence electrons. The Morgan fingerprint density at radius 3 is 2.59 bits per heavy atom. The smallest absolute Gasteiger partial charge is 0.339 e. The van der Waals surface area contributed by atoms with Gasteiger partial charge in [-0.3, -0.25) is 9.38 Å². The van der Waals surface area contributed by atoms with Gasteiger partial charge in [-0.1, -0.05) is 24.3 Å². The average molecular weight is 387 g/mol. The van der Waals surface area contributed by atoms with Crippen LogP contribution in [0.4, 0.5) is 17.2 Å². The molecule has 0 bridgehead atoms. The Labute approximate surface area is 168 Å². The van der Waals surface area contributed by atoms with Gasteiger partial charge in [-0.2, -0.15) is 0 Å². The summed E-state index contributed by atoms with van der Waals surface area (Å²) in [6, 6.07) is 15.4. The largest absolute Gasteiger partial charge is 0.465 e. The van der Waals surface area contributed by atoms with Gasteiger partial charge in [0.2, 0.25) is 0 Å². The molecule has 29 heavy (non-hydrogen) atoms. The first kappa shape index (κ1) is 18.5. The van der Waals surface area contributed by atoms with Crippen LogP contribution in [-0.2, 0) is 4.74 Å². The van der Waals surface area contributed by atoms with E-state index in [1.165, 1.54) is 7.11 Å². The van der Waals surface area contributed by atoms with E-state index in [4.69, 9.17) is 9.72 Å². The number of esters is 1. The molecule has 0 spiro atoms. The number of imidazole rings is 1. The third-order valence-electron chi connectivity index (χ3n) is 4.67.